The van der Waals surface area contributed by atoms with Crippen LogP contribution in [0.5, 0.6) is 0 Å². The molecule has 1 aromatic heterocycles. The Kier molecular flexibility index (Phi) is 4.55. The van der Waals surface area contributed by atoms with E-state index in [0.717, 1.165) is 57.9 Å². The van der Waals surface area contributed by atoms with Gasteiger partial charge in [0.05, 0.1) is 0 Å². The summed E-state index contributed by atoms with van der Waals surface area (Å²) in [6.45, 7) is 6.19. The molecule has 1 N–H and O–H groups in total. The lowest BCUT2D eigenvalue weighted by atomic mass is 10.1. The van der Waals surface area contributed by atoms with Gasteiger partial charge >= 0.3 is 0 Å². The highest BCUT2D eigenvalue weighted by atomic mass is 16.1. The molecule has 2 aliphatic heterocycles. The number of carbonyl (C=O) groups is 1. The van der Waals surface area contributed by atoms with E-state index >= 15 is 0 Å². The molecule has 116 valence electrons. The number of nitrogens with one attached hydrogen (secondary N) is 1. The first-order valence-electron chi connectivity index (χ1n) is 7.91. The molecule has 0 aliphatic carbocycles. The number of carbonyl (C=O) groups excluding carboxylic acids is 1. The summed E-state index contributed by atoms with van der Waals surface area (Å²) in [4.78, 5) is 21.1. The summed E-state index contributed by atoms with van der Waals surface area (Å²) in [5.41, 5.74) is 0. The molecule has 0 aromatic carbocycles. The number of aryl methyl sites for hydroxylation is 1. The number of hydrogen-bond donors (Lipinski definition) is 1. The van der Waals surface area contributed by atoms with Crippen LogP contribution in [0, 0.1) is 0 Å². The molecule has 2 aliphatic rings. The third-order valence-corrected chi connectivity index (χ3v) is 4.57. The van der Waals surface area contributed by atoms with E-state index in [-0.39, 0.29) is 11.9 Å². The van der Waals surface area contributed by atoms with Gasteiger partial charge in [0, 0.05) is 70.5 Å². The van der Waals surface area contributed by atoms with Crippen molar-refractivity contribution in [2.24, 2.45) is 0 Å². The molecule has 0 bridgehead atoms. The van der Waals surface area contributed by atoms with Crippen molar-refractivity contribution in [2.75, 3.05) is 39.8 Å². The van der Waals surface area contributed by atoms with Crippen LogP contribution in [-0.2, 0) is 17.8 Å². The van der Waals surface area contributed by atoms with Crippen LogP contribution in [0.15, 0.2) is 12.4 Å². The number of imidazole rings is 1. The van der Waals surface area contributed by atoms with Gasteiger partial charge in [0.25, 0.3) is 0 Å². The molecule has 3 rings (SSSR count). The van der Waals surface area contributed by atoms with Crippen LogP contribution in [0.4, 0.5) is 0 Å². The third-order valence-electron chi connectivity index (χ3n) is 4.57. The van der Waals surface area contributed by atoms with E-state index in [4.69, 9.17) is 0 Å². The number of amides is 1. The van der Waals surface area contributed by atoms with Crippen LogP contribution in [0.2, 0.25) is 0 Å². The van der Waals surface area contributed by atoms with E-state index in [1.807, 2.05) is 12.4 Å². The summed E-state index contributed by atoms with van der Waals surface area (Å²) in [6.07, 6.45) is 6.32. The van der Waals surface area contributed by atoms with Crippen molar-refractivity contribution in [1.29, 1.82) is 0 Å². The number of hydrogen-bond acceptors (Lipinski definition) is 4. The minimum absolute atomic E-state index is 0.180. The largest absolute Gasteiger partial charge is 0.353 e. The summed E-state index contributed by atoms with van der Waals surface area (Å²) in [6, 6.07) is 0.250. The fourth-order valence-corrected chi connectivity index (χ4v) is 3.11. The fraction of sp³-hybridized carbons (Fsp3) is 0.733. The maximum atomic E-state index is 12.1. The third kappa shape index (κ3) is 3.83. The summed E-state index contributed by atoms with van der Waals surface area (Å²) in [5, 5.41) is 3.17. The highest BCUT2D eigenvalue weighted by molar-refractivity contribution is 5.76. The van der Waals surface area contributed by atoms with E-state index in [1.165, 1.54) is 0 Å². The van der Waals surface area contributed by atoms with Gasteiger partial charge in [-0.15, -0.1) is 0 Å². The van der Waals surface area contributed by atoms with Crippen LogP contribution in [0.3, 0.4) is 0 Å². The lowest BCUT2D eigenvalue weighted by Gasteiger charge is -2.32. The average Bonchev–Trinajstić information content (AvgIpc) is 2.94. The Balaban J connectivity index is 1.39. The molecule has 1 amide bonds. The van der Waals surface area contributed by atoms with Crippen LogP contribution in [-0.4, -0.2) is 71.1 Å². The molecule has 1 aromatic rings. The monoisotopic (exact) mass is 291 g/mol. The number of piperazine rings is 1. The summed E-state index contributed by atoms with van der Waals surface area (Å²) in [5.74, 6) is 1.27. The Hall–Kier alpha value is -1.40. The average molecular weight is 291 g/mol. The van der Waals surface area contributed by atoms with Crippen molar-refractivity contribution < 1.29 is 4.79 Å². The van der Waals surface area contributed by atoms with Gasteiger partial charge in [-0.25, -0.2) is 4.98 Å². The lowest BCUT2D eigenvalue weighted by Crippen LogP contribution is -2.46. The highest BCUT2D eigenvalue weighted by Crippen LogP contribution is 2.13. The Morgan fingerprint density at radius 3 is 2.95 bits per heavy atom. The first kappa shape index (κ1) is 14.5. The van der Waals surface area contributed by atoms with E-state index in [0.29, 0.717) is 6.42 Å². The van der Waals surface area contributed by atoms with E-state index in [1.54, 1.807) is 0 Å². The Morgan fingerprint density at radius 1 is 1.33 bits per heavy atom. The molecule has 21 heavy (non-hydrogen) atoms. The SMILES string of the molecule is CN1CCN(CCC(=O)NC2CCn3ccnc3C2)CC1. The molecule has 0 spiro atoms. The second-order valence-corrected chi connectivity index (χ2v) is 6.19. The number of likely N-dealkylation sites (N-methyl/N-ethyl adjacent to an activating group) is 1. The topological polar surface area (TPSA) is 53.4 Å². The van der Waals surface area contributed by atoms with Gasteiger partial charge in [0.2, 0.25) is 5.91 Å². The minimum Gasteiger partial charge on any atom is -0.353 e. The molecule has 3 heterocycles. The fourth-order valence-electron chi connectivity index (χ4n) is 3.11. The predicted molar refractivity (Wildman–Crippen MR) is 81.0 cm³/mol. The Bertz CT molecular complexity index is 478. The molecule has 1 saturated heterocycles. The Labute approximate surface area is 126 Å². The molecule has 0 radical (unpaired) electrons. The van der Waals surface area contributed by atoms with Gasteiger partial charge < -0.3 is 19.7 Å². The van der Waals surface area contributed by atoms with Gasteiger partial charge in [0.15, 0.2) is 0 Å². The van der Waals surface area contributed by atoms with Gasteiger partial charge in [-0.2, -0.15) is 0 Å². The van der Waals surface area contributed by atoms with Crippen molar-refractivity contribution in [3.63, 3.8) is 0 Å². The molecule has 1 fully saturated rings. The zero-order valence-electron chi connectivity index (χ0n) is 12.8. The molecule has 6 heteroatoms. The number of fused-ring (bicyclic) bond motifs is 1. The molecule has 1 unspecified atom stereocenters. The lowest BCUT2D eigenvalue weighted by molar-refractivity contribution is -0.122. The molecular weight excluding hydrogens is 266 g/mol. The summed E-state index contributed by atoms with van der Waals surface area (Å²) < 4.78 is 2.17. The number of nitrogens with zero attached hydrogens (tertiary/aromatic N) is 4. The van der Waals surface area contributed by atoms with Crippen LogP contribution in [0.1, 0.15) is 18.7 Å². The summed E-state index contributed by atoms with van der Waals surface area (Å²) in [7, 11) is 2.15. The van der Waals surface area contributed by atoms with Crippen LogP contribution in [0.25, 0.3) is 0 Å². The maximum Gasteiger partial charge on any atom is 0.221 e. The van der Waals surface area contributed by atoms with Crippen molar-refractivity contribution in [3.8, 4) is 0 Å². The highest BCUT2D eigenvalue weighted by Gasteiger charge is 2.21. The van der Waals surface area contributed by atoms with Crippen LogP contribution >= 0.6 is 0 Å². The molecule has 0 saturated carbocycles. The van der Waals surface area contributed by atoms with E-state index in [9.17, 15) is 4.79 Å². The van der Waals surface area contributed by atoms with Gasteiger partial charge in [-0.3, -0.25) is 4.79 Å². The first-order chi connectivity index (χ1) is 10.2. The molecular formula is C15H25N5O. The van der Waals surface area contributed by atoms with E-state index < -0.39 is 0 Å². The van der Waals surface area contributed by atoms with Gasteiger partial charge in [-0.05, 0) is 13.5 Å². The van der Waals surface area contributed by atoms with Gasteiger partial charge in [0.1, 0.15) is 5.82 Å². The standard InChI is InChI=1S/C15H25N5O/c1-18-8-10-19(11-9-18)5-3-15(21)17-13-2-6-20-7-4-16-14(20)12-13/h4,7,13H,2-3,5-6,8-12H2,1H3,(H,17,21). The van der Waals surface area contributed by atoms with Crippen LogP contribution < -0.4 is 5.32 Å². The first-order valence-corrected chi connectivity index (χ1v) is 7.91. The number of aromatic nitrogens is 2. The smallest absolute Gasteiger partial charge is 0.221 e. The normalized spacial score (nSPS) is 23.8. The quantitative estimate of drug-likeness (QED) is 0.845. The van der Waals surface area contributed by atoms with Gasteiger partial charge in [-0.1, -0.05) is 0 Å². The zero-order chi connectivity index (χ0) is 14.7. The second-order valence-electron chi connectivity index (χ2n) is 6.19. The summed E-state index contributed by atoms with van der Waals surface area (Å²) >= 11 is 0. The zero-order valence-corrected chi connectivity index (χ0v) is 12.8. The minimum atomic E-state index is 0.180. The van der Waals surface area contributed by atoms with Crippen molar-refractivity contribution >= 4 is 5.91 Å². The number of rotatable bonds is 4. The van der Waals surface area contributed by atoms with Crippen molar-refractivity contribution in [3.05, 3.63) is 18.2 Å². The predicted octanol–water partition coefficient (Wildman–Crippen LogP) is -0.0484. The van der Waals surface area contributed by atoms with E-state index in [2.05, 4.69) is 31.7 Å². The maximum absolute atomic E-state index is 12.1. The van der Waals surface area contributed by atoms with Crippen molar-refractivity contribution in [1.82, 2.24) is 24.7 Å². The second kappa shape index (κ2) is 6.58. The Morgan fingerprint density at radius 2 is 2.14 bits per heavy atom. The van der Waals surface area contributed by atoms with Crippen molar-refractivity contribution in [2.45, 2.75) is 31.8 Å². The molecule has 6 nitrogen and oxygen atoms in total. The molecule has 1 atom stereocenters.